The zero-order valence-electron chi connectivity index (χ0n) is 19.9. The van der Waals surface area contributed by atoms with E-state index in [2.05, 4.69) is 27.3 Å². The van der Waals surface area contributed by atoms with Crippen LogP contribution in [0.25, 0.3) is 0 Å². The van der Waals surface area contributed by atoms with Crippen LogP contribution in [0.4, 0.5) is 26.0 Å². The Kier molecular flexibility index (Phi) is 6.59. The molecule has 3 heterocycles. The molecule has 0 saturated heterocycles. The molecule has 1 aliphatic rings. The number of nitrogens with zero attached hydrogens (tertiary/aromatic N) is 4. The summed E-state index contributed by atoms with van der Waals surface area (Å²) in [6.45, 7) is 6.10. The van der Waals surface area contributed by atoms with Crippen molar-refractivity contribution in [3.63, 3.8) is 0 Å². The molecule has 0 unspecified atom stereocenters. The van der Waals surface area contributed by atoms with Gasteiger partial charge in [-0.05, 0) is 13.0 Å². The number of likely N-dealkylation sites (N-methyl/N-ethyl adjacent to an activating group) is 1. The zero-order valence-corrected chi connectivity index (χ0v) is 19.9. The number of fused-ring (bicyclic) bond motifs is 1. The van der Waals surface area contributed by atoms with E-state index in [1.54, 1.807) is 24.3 Å². The van der Waals surface area contributed by atoms with Crippen molar-refractivity contribution < 1.29 is 23.0 Å². The van der Waals surface area contributed by atoms with E-state index < -0.39 is 17.7 Å². The largest absolute Gasteiger partial charge is 0.499 e. The van der Waals surface area contributed by atoms with Gasteiger partial charge >= 0.3 is 0 Å². The summed E-state index contributed by atoms with van der Waals surface area (Å²) in [7, 11) is 4.55. The average molecular weight is 485 g/mol. The molecule has 0 spiro atoms. The number of rotatable bonds is 8. The number of benzene rings is 1. The molecule has 0 aliphatic carbocycles. The van der Waals surface area contributed by atoms with Gasteiger partial charge in [0.2, 0.25) is 5.82 Å². The summed E-state index contributed by atoms with van der Waals surface area (Å²) in [5.41, 5.74) is 3.04. The van der Waals surface area contributed by atoms with Crippen molar-refractivity contribution in [1.82, 2.24) is 14.8 Å². The summed E-state index contributed by atoms with van der Waals surface area (Å²) >= 11 is 0. The molecule has 184 valence electrons. The van der Waals surface area contributed by atoms with E-state index in [-0.39, 0.29) is 23.8 Å². The van der Waals surface area contributed by atoms with Gasteiger partial charge in [-0.15, -0.1) is 0 Å². The number of hydrogen-bond acceptors (Lipinski definition) is 7. The first-order valence-corrected chi connectivity index (χ1v) is 10.8. The Hall–Kier alpha value is -4.15. The van der Waals surface area contributed by atoms with E-state index in [9.17, 15) is 13.6 Å². The lowest BCUT2D eigenvalue weighted by Crippen LogP contribution is -2.47. The molecule has 0 radical (unpaired) electrons. The van der Waals surface area contributed by atoms with Gasteiger partial charge in [0.1, 0.15) is 11.6 Å². The molecule has 1 atom stereocenters. The summed E-state index contributed by atoms with van der Waals surface area (Å²) in [6, 6.07) is 4.02. The second-order valence-corrected chi connectivity index (χ2v) is 8.11. The average Bonchev–Trinajstić information content (AvgIpc) is 3.29. The van der Waals surface area contributed by atoms with Gasteiger partial charge in [0, 0.05) is 37.0 Å². The minimum absolute atomic E-state index is 0.0677. The summed E-state index contributed by atoms with van der Waals surface area (Å²) in [6.07, 6.45) is 3.38. The van der Waals surface area contributed by atoms with Crippen LogP contribution in [0.3, 0.4) is 0 Å². The van der Waals surface area contributed by atoms with Crippen LogP contribution in [-0.4, -0.2) is 48.0 Å². The summed E-state index contributed by atoms with van der Waals surface area (Å²) in [5, 5.41) is 10.4. The minimum atomic E-state index is -1.02. The number of carbonyl (C=O) groups is 1. The van der Waals surface area contributed by atoms with Crippen molar-refractivity contribution in [1.29, 1.82) is 0 Å². The number of hydrogen-bond donors (Lipinski definition) is 2. The fraction of sp³-hybridized carbons (Fsp3) is 0.292. The first-order chi connectivity index (χ1) is 16.7. The van der Waals surface area contributed by atoms with Crippen molar-refractivity contribution in [3.8, 4) is 5.75 Å². The van der Waals surface area contributed by atoms with Crippen LogP contribution < -0.4 is 20.3 Å². The molecule has 1 aromatic carbocycles. The molecule has 0 fully saturated rings. The molecule has 0 saturated carbocycles. The first-order valence-electron chi connectivity index (χ1n) is 10.8. The van der Waals surface area contributed by atoms with Crippen molar-refractivity contribution in [2.75, 3.05) is 36.8 Å². The maximum atomic E-state index is 14.3. The number of aromatic nitrogens is 3. The monoisotopic (exact) mass is 484 g/mol. The van der Waals surface area contributed by atoms with Gasteiger partial charge in [0.15, 0.2) is 17.6 Å². The summed E-state index contributed by atoms with van der Waals surface area (Å²) in [5.74, 6) is -1.43. The number of methoxy groups -OCH3 is 2. The van der Waals surface area contributed by atoms with Crippen LogP contribution in [-0.2, 0) is 22.6 Å². The van der Waals surface area contributed by atoms with Crippen LogP contribution in [0.2, 0.25) is 0 Å². The maximum Gasteiger partial charge on any atom is 0.255 e. The van der Waals surface area contributed by atoms with Gasteiger partial charge in [-0.3, -0.25) is 9.48 Å². The lowest BCUT2D eigenvalue weighted by Gasteiger charge is -2.36. The van der Waals surface area contributed by atoms with Gasteiger partial charge < -0.3 is 25.0 Å². The fourth-order valence-electron chi connectivity index (χ4n) is 3.96. The van der Waals surface area contributed by atoms with Crippen LogP contribution in [0.1, 0.15) is 16.8 Å². The fourth-order valence-corrected chi connectivity index (χ4v) is 3.96. The third kappa shape index (κ3) is 4.61. The quantitative estimate of drug-likeness (QED) is 0.473. The molecular weight excluding hydrogens is 458 g/mol. The smallest absolute Gasteiger partial charge is 0.255 e. The van der Waals surface area contributed by atoms with Crippen LogP contribution in [0.5, 0.6) is 5.75 Å². The van der Waals surface area contributed by atoms with Crippen molar-refractivity contribution in [2.24, 2.45) is 0 Å². The molecule has 3 aromatic rings. The highest BCUT2D eigenvalue weighted by molar-refractivity contribution is 6.05. The second kappa shape index (κ2) is 9.61. The van der Waals surface area contributed by atoms with Gasteiger partial charge in [-0.25, -0.2) is 9.37 Å². The van der Waals surface area contributed by atoms with Gasteiger partial charge in [-0.1, -0.05) is 12.6 Å². The number of carbonyl (C=O) groups excluding carboxylic acids is 1. The topological polar surface area (TPSA) is 93.5 Å². The minimum Gasteiger partial charge on any atom is -0.499 e. The lowest BCUT2D eigenvalue weighted by atomic mass is 10.1. The van der Waals surface area contributed by atoms with Crippen LogP contribution in [0.15, 0.2) is 42.9 Å². The predicted octanol–water partition coefficient (Wildman–Crippen LogP) is 3.45. The Bertz CT molecular complexity index is 1290. The second-order valence-electron chi connectivity index (χ2n) is 8.11. The van der Waals surface area contributed by atoms with Crippen LogP contribution in [0, 0.1) is 18.6 Å². The Morgan fingerprint density at radius 1 is 1.29 bits per heavy atom. The number of anilines is 3. The SMILES string of the molecule is C=C(OC)[C@H]1C(=O)Nc2c(cc(NCc3cnn(Cc4ccc(OC)c(F)c4F)c3)nc2C)N1C. The highest BCUT2D eigenvalue weighted by atomic mass is 19.2. The lowest BCUT2D eigenvalue weighted by molar-refractivity contribution is -0.117. The Morgan fingerprint density at radius 3 is 2.77 bits per heavy atom. The molecule has 0 bridgehead atoms. The Balaban J connectivity index is 1.47. The third-order valence-electron chi connectivity index (χ3n) is 5.85. The van der Waals surface area contributed by atoms with E-state index in [1.807, 2.05) is 13.0 Å². The third-order valence-corrected chi connectivity index (χ3v) is 5.85. The highest BCUT2D eigenvalue weighted by Gasteiger charge is 2.35. The molecule has 9 nitrogen and oxygen atoms in total. The summed E-state index contributed by atoms with van der Waals surface area (Å²) in [4.78, 5) is 18.9. The molecule has 35 heavy (non-hydrogen) atoms. The molecular formula is C24H26F2N6O3. The number of halogens is 2. The highest BCUT2D eigenvalue weighted by Crippen LogP contribution is 2.36. The normalized spacial score (nSPS) is 14.9. The zero-order chi connectivity index (χ0) is 25.3. The number of amides is 1. The summed E-state index contributed by atoms with van der Waals surface area (Å²) < 4.78 is 39.8. The van der Waals surface area contributed by atoms with E-state index in [0.717, 1.165) is 11.3 Å². The molecule has 1 amide bonds. The number of pyridine rings is 1. The van der Waals surface area contributed by atoms with Gasteiger partial charge in [-0.2, -0.15) is 9.49 Å². The van der Waals surface area contributed by atoms with Crippen molar-refractivity contribution in [2.45, 2.75) is 26.1 Å². The molecule has 4 rings (SSSR count). The maximum absolute atomic E-state index is 14.3. The van der Waals surface area contributed by atoms with E-state index in [1.165, 1.54) is 31.0 Å². The van der Waals surface area contributed by atoms with Gasteiger partial charge in [0.05, 0.1) is 44.0 Å². The predicted molar refractivity (Wildman–Crippen MR) is 128 cm³/mol. The molecule has 2 aromatic heterocycles. The van der Waals surface area contributed by atoms with Crippen molar-refractivity contribution >= 4 is 23.1 Å². The first kappa shape index (κ1) is 24.0. The standard InChI is InChI=1S/C24H26F2N6O3/c1-13-22-17(31(3)23(14(2)34-4)24(33)30-22)8-19(29-13)27-9-15-10-28-32(11-15)12-16-6-7-18(35-5)21(26)20(16)25/h6-8,10-11,23H,2,9,12H2,1,3-5H3,(H,27,29)(H,30,33)/t23-/m0/s1. The van der Waals surface area contributed by atoms with Crippen LogP contribution >= 0.6 is 0 Å². The van der Waals surface area contributed by atoms with E-state index in [4.69, 9.17) is 9.47 Å². The molecule has 11 heteroatoms. The number of ether oxygens (including phenoxy) is 2. The number of aryl methyl sites for hydroxylation is 1. The van der Waals surface area contributed by atoms with Gasteiger partial charge in [0.25, 0.3) is 5.91 Å². The van der Waals surface area contributed by atoms with Crippen molar-refractivity contribution in [3.05, 3.63) is 71.4 Å². The Labute approximate surface area is 201 Å². The molecule has 2 N–H and O–H groups in total. The van der Waals surface area contributed by atoms with E-state index in [0.29, 0.717) is 29.5 Å². The Morgan fingerprint density at radius 2 is 2.06 bits per heavy atom. The van der Waals surface area contributed by atoms with E-state index >= 15 is 0 Å². The molecule has 1 aliphatic heterocycles. The number of nitrogens with one attached hydrogen (secondary N) is 2.